The van der Waals surface area contributed by atoms with Crippen molar-refractivity contribution < 1.29 is 22.4 Å². The van der Waals surface area contributed by atoms with Gasteiger partial charge in [-0.2, -0.15) is 18.2 Å². The van der Waals surface area contributed by atoms with Crippen molar-refractivity contribution in [2.75, 3.05) is 54.1 Å². The molecule has 37 heavy (non-hydrogen) atoms. The lowest BCUT2D eigenvalue weighted by molar-refractivity contribution is -0.137. The highest BCUT2D eigenvalue weighted by Gasteiger charge is 2.31. The molecule has 1 aromatic heterocycles. The van der Waals surface area contributed by atoms with E-state index in [1.165, 1.54) is 0 Å². The number of hydrogen-bond acceptors (Lipinski definition) is 6. The van der Waals surface area contributed by atoms with Crippen molar-refractivity contribution in [2.45, 2.75) is 20.0 Å². The van der Waals surface area contributed by atoms with E-state index in [0.717, 1.165) is 25.3 Å². The highest BCUT2D eigenvalue weighted by Crippen LogP contribution is 2.32. The number of aromatic nitrogens is 2. The predicted molar refractivity (Wildman–Crippen MR) is 137 cm³/mol. The van der Waals surface area contributed by atoms with Gasteiger partial charge in [-0.15, -0.1) is 0 Å². The van der Waals surface area contributed by atoms with Crippen LogP contribution in [0, 0.1) is 5.82 Å². The molecule has 0 aliphatic heterocycles. The molecule has 8 nitrogen and oxygen atoms in total. The Hall–Kier alpha value is -3.93. The van der Waals surface area contributed by atoms with Gasteiger partial charge in [-0.25, -0.2) is 14.2 Å². The van der Waals surface area contributed by atoms with E-state index in [9.17, 15) is 22.4 Å². The lowest BCUT2D eigenvalue weighted by Crippen LogP contribution is -2.29. The molecule has 0 saturated heterocycles. The van der Waals surface area contributed by atoms with Crippen LogP contribution in [0.4, 0.5) is 51.2 Å². The predicted octanol–water partition coefficient (Wildman–Crippen LogP) is 5.80. The van der Waals surface area contributed by atoms with E-state index in [0.29, 0.717) is 42.2 Å². The van der Waals surface area contributed by atoms with Gasteiger partial charge in [0.15, 0.2) is 0 Å². The molecule has 0 fully saturated rings. The molecule has 0 atom stereocenters. The lowest BCUT2D eigenvalue weighted by Gasteiger charge is -2.20. The minimum atomic E-state index is -4.66. The molecule has 3 aromatic rings. The second-order valence-corrected chi connectivity index (χ2v) is 8.07. The average Bonchev–Trinajstić information content (AvgIpc) is 2.87. The van der Waals surface area contributed by atoms with Crippen LogP contribution in [0.15, 0.2) is 54.7 Å². The first-order chi connectivity index (χ1) is 17.6. The number of rotatable bonds is 10. The molecule has 0 radical (unpaired) electrons. The SMILES string of the molecule is CCN(CC)CCNc1nccc(N(C)c2ccc(NC(=O)Nc3cc(C(F)(F)F)ccc3F)cc2)n1. The van der Waals surface area contributed by atoms with Crippen LogP contribution >= 0.6 is 0 Å². The number of carbonyl (C=O) groups is 1. The molecule has 0 aliphatic carbocycles. The zero-order chi connectivity index (χ0) is 27.0. The van der Waals surface area contributed by atoms with Crippen molar-refractivity contribution in [2.24, 2.45) is 0 Å². The van der Waals surface area contributed by atoms with Crippen molar-refractivity contribution in [3.05, 3.63) is 66.1 Å². The van der Waals surface area contributed by atoms with E-state index < -0.39 is 29.3 Å². The fourth-order valence-corrected chi connectivity index (χ4v) is 3.47. The van der Waals surface area contributed by atoms with Gasteiger partial charge >= 0.3 is 12.2 Å². The molecule has 0 unspecified atom stereocenters. The number of halogens is 4. The first-order valence-electron chi connectivity index (χ1n) is 11.7. The summed E-state index contributed by atoms with van der Waals surface area (Å²) in [6, 6.07) is 9.37. The van der Waals surface area contributed by atoms with Gasteiger partial charge in [0, 0.05) is 37.7 Å². The summed E-state index contributed by atoms with van der Waals surface area (Å²) >= 11 is 0. The summed E-state index contributed by atoms with van der Waals surface area (Å²) in [5, 5.41) is 7.81. The Kier molecular flexibility index (Phi) is 9.23. The second kappa shape index (κ2) is 12.3. The molecule has 2 amide bonds. The number of alkyl halides is 3. The number of urea groups is 1. The van der Waals surface area contributed by atoms with Crippen LogP contribution in [-0.4, -0.2) is 54.1 Å². The summed E-state index contributed by atoms with van der Waals surface area (Å²) in [5.41, 5.74) is -0.510. The zero-order valence-electron chi connectivity index (χ0n) is 20.7. The van der Waals surface area contributed by atoms with Crippen molar-refractivity contribution in [1.82, 2.24) is 14.9 Å². The van der Waals surface area contributed by atoms with Gasteiger partial charge in [-0.1, -0.05) is 13.8 Å². The van der Waals surface area contributed by atoms with Crippen LogP contribution in [0.1, 0.15) is 19.4 Å². The smallest absolute Gasteiger partial charge is 0.353 e. The maximum absolute atomic E-state index is 13.9. The standard InChI is InChI=1S/C25H29F4N7O/c1-4-36(5-2)15-14-31-23-30-13-12-22(34-23)35(3)19-9-7-18(8-10-19)32-24(37)33-21-16-17(25(27,28)29)6-11-20(21)26/h6-13,16H,4-5,14-15H2,1-3H3,(H,30,31,34)(H2,32,33,37). The van der Waals surface area contributed by atoms with Crippen LogP contribution < -0.4 is 20.9 Å². The first kappa shape index (κ1) is 27.7. The third-order valence-corrected chi connectivity index (χ3v) is 5.64. The quantitative estimate of drug-likeness (QED) is 0.294. The van der Waals surface area contributed by atoms with Gasteiger partial charge in [0.25, 0.3) is 0 Å². The minimum Gasteiger partial charge on any atom is -0.353 e. The second-order valence-electron chi connectivity index (χ2n) is 8.07. The van der Waals surface area contributed by atoms with Gasteiger partial charge in [-0.3, -0.25) is 0 Å². The largest absolute Gasteiger partial charge is 0.416 e. The molecule has 12 heteroatoms. The summed E-state index contributed by atoms with van der Waals surface area (Å²) in [6.45, 7) is 7.74. The summed E-state index contributed by atoms with van der Waals surface area (Å²) in [4.78, 5) is 25.1. The van der Waals surface area contributed by atoms with E-state index in [-0.39, 0.29) is 0 Å². The summed E-state index contributed by atoms with van der Waals surface area (Å²) in [5.74, 6) is 0.180. The minimum absolute atomic E-state index is 0.364. The Labute approximate surface area is 212 Å². The number of amides is 2. The van der Waals surface area contributed by atoms with Gasteiger partial charge in [0.2, 0.25) is 5.95 Å². The van der Waals surface area contributed by atoms with E-state index in [2.05, 4.69) is 44.7 Å². The van der Waals surface area contributed by atoms with Crippen molar-refractivity contribution in [3.63, 3.8) is 0 Å². The number of nitrogens with one attached hydrogen (secondary N) is 3. The topological polar surface area (TPSA) is 85.4 Å². The monoisotopic (exact) mass is 519 g/mol. The fourth-order valence-electron chi connectivity index (χ4n) is 3.47. The Morgan fingerprint density at radius 1 is 1.00 bits per heavy atom. The van der Waals surface area contributed by atoms with Gasteiger partial charge in [0.1, 0.15) is 11.6 Å². The highest BCUT2D eigenvalue weighted by atomic mass is 19.4. The maximum Gasteiger partial charge on any atom is 0.416 e. The third kappa shape index (κ3) is 7.78. The molecule has 0 bridgehead atoms. The average molecular weight is 520 g/mol. The van der Waals surface area contributed by atoms with E-state index >= 15 is 0 Å². The van der Waals surface area contributed by atoms with Crippen molar-refractivity contribution >= 4 is 34.9 Å². The van der Waals surface area contributed by atoms with Gasteiger partial charge in [-0.05, 0) is 61.6 Å². The summed E-state index contributed by atoms with van der Waals surface area (Å²) in [7, 11) is 1.83. The molecule has 0 aliphatic rings. The third-order valence-electron chi connectivity index (χ3n) is 5.64. The fraction of sp³-hybridized carbons (Fsp3) is 0.320. The molecule has 0 saturated carbocycles. The zero-order valence-corrected chi connectivity index (χ0v) is 20.7. The Morgan fingerprint density at radius 2 is 1.70 bits per heavy atom. The van der Waals surface area contributed by atoms with Crippen LogP contribution in [-0.2, 0) is 6.18 Å². The summed E-state index contributed by atoms with van der Waals surface area (Å²) < 4.78 is 52.5. The number of carbonyl (C=O) groups excluding carboxylic acids is 1. The van der Waals surface area contributed by atoms with Crippen LogP contribution in [0.5, 0.6) is 0 Å². The molecule has 3 rings (SSSR count). The normalized spacial score (nSPS) is 11.4. The number of anilines is 5. The first-order valence-corrected chi connectivity index (χ1v) is 11.7. The Bertz CT molecular complexity index is 1180. The number of benzene rings is 2. The van der Waals surface area contributed by atoms with E-state index in [1.54, 1.807) is 36.5 Å². The van der Waals surface area contributed by atoms with Crippen molar-refractivity contribution in [3.8, 4) is 0 Å². The maximum atomic E-state index is 13.9. The number of likely N-dealkylation sites (N-methyl/N-ethyl adjacent to an activating group) is 1. The van der Waals surface area contributed by atoms with Crippen molar-refractivity contribution in [1.29, 1.82) is 0 Å². The van der Waals surface area contributed by atoms with E-state index in [4.69, 9.17) is 0 Å². The molecule has 0 spiro atoms. The highest BCUT2D eigenvalue weighted by molar-refractivity contribution is 6.00. The van der Waals surface area contributed by atoms with Crippen LogP contribution in [0.3, 0.4) is 0 Å². The van der Waals surface area contributed by atoms with Crippen LogP contribution in [0.2, 0.25) is 0 Å². The number of nitrogens with zero attached hydrogens (tertiary/aromatic N) is 4. The molecule has 3 N–H and O–H groups in total. The molecular formula is C25H29F4N7O. The molecule has 2 aromatic carbocycles. The Morgan fingerprint density at radius 3 is 2.35 bits per heavy atom. The molecular weight excluding hydrogens is 490 g/mol. The summed E-state index contributed by atoms with van der Waals surface area (Å²) in [6.07, 6.45) is -3.00. The molecule has 198 valence electrons. The number of hydrogen-bond donors (Lipinski definition) is 3. The van der Waals surface area contributed by atoms with E-state index in [1.807, 2.05) is 11.9 Å². The molecule has 1 heterocycles. The lowest BCUT2D eigenvalue weighted by atomic mass is 10.2. The van der Waals surface area contributed by atoms with Gasteiger partial charge in [0.05, 0.1) is 11.3 Å². The van der Waals surface area contributed by atoms with Crippen LogP contribution in [0.25, 0.3) is 0 Å². The van der Waals surface area contributed by atoms with Gasteiger partial charge < -0.3 is 25.8 Å². The Balaban J connectivity index is 1.60.